The van der Waals surface area contributed by atoms with Crippen molar-refractivity contribution >= 4 is 10.9 Å². The maximum absolute atomic E-state index is 13.6. The SMILES string of the molecule is CC1CCCc2c1[nH]c1c(F)cccc21. The molecule has 1 aliphatic rings. The van der Waals surface area contributed by atoms with E-state index in [1.54, 1.807) is 6.07 Å². The van der Waals surface area contributed by atoms with Gasteiger partial charge in [0.1, 0.15) is 5.82 Å². The molecule has 1 atom stereocenters. The van der Waals surface area contributed by atoms with Gasteiger partial charge in [-0.15, -0.1) is 0 Å². The number of halogens is 1. The summed E-state index contributed by atoms with van der Waals surface area (Å²) in [6, 6.07) is 5.34. The minimum absolute atomic E-state index is 0.130. The van der Waals surface area contributed by atoms with Crippen molar-refractivity contribution in [1.29, 1.82) is 0 Å². The number of aryl methyl sites for hydroxylation is 1. The lowest BCUT2D eigenvalue weighted by Crippen LogP contribution is -2.05. The second kappa shape index (κ2) is 3.09. The largest absolute Gasteiger partial charge is 0.356 e. The summed E-state index contributed by atoms with van der Waals surface area (Å²) >= 11 is 0. The molecule has 1 aromatic carbocycles. The van der Waals surface area contributed by atoms with Crippen LogP contribution in [0.15, 0.2) is 18.2 Å². The van der Waals surface area contributed by atoms with E-state index in [2.05, 4.69) is 11.9 Å². The maximum atomic E-state index is 13.6. The summed E-state index contributed by atoms with van der Waals surface area (Å²) in [6.07, 6.45) is 3.52. The van der Waals surface area contributed by atoms with E-state index < -0.39 is 0 Å². The normalized spacial score (nSPS) is 20.5. The number of benzene rings is 1. The number of fused-ring (bicyclic) bond motifs is 3. The Labute approximate surface area is 88.3 Å². The summed E-state index contributed by atoms with van der Waals surface area (Å²) in [5, 5.41) is 1.08. The smallest absolute Gasteiger partial charge is 0.147 e. The van der Waals surface area contributed by atoms with Gasteiger partial charge in [0, 0.05) is 11.1 Å². The van der Waals surface area contributed by atoms with Gasteiger partial charge >= 0.3 is 0 Å². The zero-order valence-corrected chi connectivity index (χ0v) is 8.81. The van der Waals surface area contributed by atoms with E-state index >= 15 is 0 Å². The third-order valence-corrected chi connectivity index (χ3v) is 3.48. The van der Waals surface area contributed by atoms with Gasteiger partial charge in [0.25, 0.3) is 0 Å². The Morgan fingerprint density at radius 1 is 1.40 bits per heavy atom. The molecule has 0 spiro atoms. The Morgan fingerprint density at radius 2 is 2.27 bits per heavy atom. The van der Waals surface area contributed by atoms with Crippen LogP contribution in [-0.4, -0.2) is 4.98 Å². The number of aromatic amines is 1. The molecule has 1 N–H and O–H groups in total. The van der Waals surface area contributed by atoms with Crippen LogP contribution in [0.1, 0.15) is 36.9 Å². The fourth-order valence-corrected chi connectivity index (χ4v) is 2.68. The lowest BCUT2D eigenvalue weighted by molar-refractivity contribution is 0.581. The lowest BCUT2D eigenvalue weighted by Gasteiger charge is -2.18. The molecule has 1 unspecified atom stereocenters. The Balaban J connectivity index is 2.35. The molecule has 15 heavy (non-hydrogen) atoms. The number of nitrogens with one attached hydrogen (secondary N) is 1. The molecule has 2 aromatic rings. The molecule has 3 rings (SSSR count). The molecule has 1 nitrogen and oxygen atoms in total. The second-order valence-corrected chi connectivity index (χ2v) is 4.47. The Morgan fingerprint density at radius 3 is 3.13 bits per heavy atom. The van der Waals surface area contributed by atoms with Crippen LogP contribution in [0.5, 0.6) is 0 Å². The summed E-state index contributed by atoms with van der Waals surface area (Å²) < 4.78 is 13.6. The van der Waals surface area contributed by atoms with E-state index in [1.165, 1.54) is 30.2 Å². The van der Waals surface area contributed by atoms with Crippen LogP contribution in [0.4, 0.5) is 4.39 Å². The molecular formula is C13H14FN. The van der Waals surface area contributed by atoms with Crippen molar-refractivity contribution in [1.82, 2.24) is 4.98 Å². The minimum Gasteiger partial charge on any atom is -0.356 e. The average molecular weight is 203 g/mol. The van der Waals surface area contributed by atoms with Crippen molar-refractivity contribution in [2.45, 2.75) is 32.1 Å². The predicted octanol–water partition coefficient (Wildman–Crippen LogP) is 3.75. The molecule has 0 saturated heterocycles. The Bertz CT molecular complexity index is 512. The second-order valence-electron chi connectivity index (χ2n) is 4.47. The molecule has 1 aromatic heterocycles. The van der Waals surface area contributed by atoms with Gasteiger partial charge in [-0.05, 0) is 36.8 Å². The number of rotatable bonds is 0. The van der Waals surface area contributed by atoms with Crippen LogP contribution in [0.3, 0.4) is 0 Å². The molecule has 1 aliphatic carbocycles. The highest BCUT2D eigenvalue weighted by Gasteiger charge is 2.21. The fraction of sp³-hybridized carbons (Fsp3) is 0.385. The van der Waals surface area contributed by atoms with Crippen molar-refractivity contribution in [2.24, 2.45) is 0 Å². The van der Waals surface area contributed by atoms with Crippen LogP contribution >= 0.6 is 0 Å². The van der Waals surface area contributed by atoms with Crippen molar-refractivity contribution in [3.05, 3.63) is 35.3 Å². The molecule has 0 radical (unpaired) electrons. The van der Waals surface area contributed by atoms with Gasteiger partial charge in [-0.1, -0.05) is 19.1 Å². The van der Waals surface area contributed by atoms with E-state index in [0.29, 0.717) is 11.4 Å². The zero-order chi connectivity index (χ0) is 10.4. The first-order valence-corrected chi connectivity index (χ1v) is 5.56. The lowest BCUT2D eigenvalue weighted by atomic mass is 9.88. The monoisotopic (exact) mass is 203 g/mol. The highest BCUT2D eigenvalue weighted by atomic mass is 19.1. The topological polar surface area (TPSA) is 15.8 Å². The van der Waals surface area contributed by atoms with E-state index in [9.17, 15) is 4.39 Å². The van der Waals surface area contributed by atoms with Crippen molar-refractivity contribution < 1.29 is 4.39 Å². The number of para-hydroxylation sites is 1. The third kappa shape index (κ3) is 1.21. The Hall–Kier alpha value is -1.31. The number of H-pyrrole nitrogens is 1. The number of hydrogen-bond acceptors (Lipinski definition) is 0. The molecule has 0 amide bonds. The fourth-order valence-electron chi connectivity index (χ4n) is 2.68. The van der Waals surface area contributed by atoms with Gasteiger partial charge in [0.2, 0.25) is 0 Å². The van der Waals surface area contributed by atoms with E-state index in [0.717, 1.165) is 11.8 Å². The molecule has 1 heterocycles. The van der Waals surface area contributed by atoms with Gasteiger partial charge in [0.15, 0.2) is 0 Å². The standard InChI is InChI=1S/C13H14FN/c1-8-4-2-5-9-10-6-3-7-11(14)13(10)15-12(8)9/h3,6-8,15H,2,4-5H2,1H3. The van der Waals surface area contributed by atoms with Crippen LogP contribution in [0.25, 0.3) is 10.9 Å². The van der Waals surface area contributed by atoms with Crippen molar-refractivity contribution in [2.75, 3.05) is 0 Å². The van der Waals surface area contributed by atoms with Gasteiger partial charge in [-0.2, -0.15) is 0 Å². The molecule has 0 aliphatic heterocycles. The molecule has 2 heteroatoms. The third-order valence-electron chi connectivity index (χ3n) is 3.48. The van der Waals surface area contributed by atoms with Gasteiger partial charge in [-0.3, -0.25) is 0 Å². The quantitative estimate of drug-likeness (QED) is 0.671. The van der Waals surface area contributed by atoms with Gasteiger partial charge in [0.05, 0.1) is 5.52 Å². The average Bonchev–Trinajstić information content (AvgIpc) is 2.60. The Kier molecular flexibility index (Phi) is 1.84. The first-order chi connectivity index (χ1) is 7.27. The maximum Gasteiger partial charge on any atom is 0.147 e. The molecular weight excluding hydrogens is 189 g/mol. The van der Waals surface area contributed by atoms with E-state index in [1.807, 2.05) is 6.07 Å². The summed E-state index contributed by atoms with van der Waals surface area (Å²) in [5.41, 5.74) is 3.28. The summed E-state index contributed by atoms with van der Waals surface area (Å²) in [6.45, 7) is 2.21. The highest BCUT2D eigenvalue weighted by molar-refractivity contribution is 5.85. The predicted molar refractivity (Wildman–Crippen MR) is 59.6 cm³/mol. The zero-order valence-electron chi connectivity index (χ0n) is 8.81. The number of hydrogen-bond donors (Lipinski definition) is 1. The molecule has 0 fully saturated rings. The summed E-state index contributed by atoms with van der Waals surface area (Å²) in [5.74, 6) is 0.412. The van der Waals surface area contributed by atoms with Crippen LogP contribution in [0, 0.1) is 5.82 Å². The van der Waals surface area contributed by atoms with Gasteiger partial charge < -0.3 is 4.98 Å². The minimum atomic E-state index is -0.130. The van der Waals surface area contributed by atoms with Crippen molar-refractivity contribution in [3.63, 3.8) is 0 Å². The summed E-state index contributed by atoms with van der Waals surface area (Å²) in [4.78, 5) is 3.26. The van der Waals surface area contributed by atoms with Crippen LogP contribution < -0.4 is 0 Å². The highest BCUT2D eigenvalue weighted by Crippen LogP contribution is 2.36. The van der Waals surface area contributed by atoms with E-state index in [-0.39, 0.29) is 5.82 Å². The first kappa shape index (κ1) is 8.96. The number of aromatic nitrogens is 1. The van der Waals surface area contributed by atoms with E-state index in [4.69, 9.17) is 0 Å². The molecule has 0 saturated carbocycles. The first-order valence-electron chi connectivity index (χ1n) is 5.56. The molecule has 78 valence electrons. The van der Waals surface area contributed by atoms with Crippen LogP contribution in [0.2, 0.25) is 0 Å². The van der Waals surface area contributed by atoms with Crippen LogP contribution in [-0.2, 0) is 6.42 Å². The van der Waals surface area contributed by atoms with Crippen molar-refractivity contribution in [3.8, 4) is 0 Å². The molecule has 0 bridgehead atoms. The van der Waals surface area contributed by atoms with Gasteiger partial charge in [-0.25, -0.2) is 4.39 Å². The summed E-state index contributed by atoms with van der Waals surface area (Å²) in [7, 11) is 0.